The number of benzene rings is 4. The number of rotatable bonds is 21. The lowest BCUT2D eigenvalue weighted by atomic mass is 9.79. The Morgan fingerprint density at radius 3 is 1.84 bits per heavy atom. The Hall–Kier alpha value is -6.89. The summed E-state index contributed by atoms with van der Waals surface area (Å²) in [5.41, 5.74) is -1.09. The molecule has 0 aliphatic carbocycles. The monoisotopic (exact) mass is 1390 g/mol. The molecule has 0 saturated heterocycles. The topological polar surface area (TPSA) is 485 Å². The normalized spacial score (nSPS) is 16.5. The first-order valence-electron chi connectivity index (χ1n) is 25.7. The maximum absolute atomic E-state index is 13.5. The number of nitrogens with zero attached hydrogens (tertiary/aromatic N) is 6. The van der Waals surface area contributed by atoms with E-state index in [1.165, 1.54) is 67.7 Å². The number of nitrogens with one attached hydrogen (secondary N) is 1. The minimum atomic E-state index is -5.20. The highest BCUT2D eigenvalue weighted by Gasteiger charge is 2.47. The van der Waals surface area contributed by atoms with Crippen molar-refractivity contribution in [2.24, 2.45) is 17.2 Å². The minimum absolute atomic E-state index is 0.0501. The fraction of sp³-hybridized carbons (Fsp3) is 0.294. The number of carbonyl (C=O) groups excluding carboxylic acids is 2. The number of aryl methyl sites for hydroxylation is 1. The standard InChI is InChI=1S/C51H54N8O22S8/c1-50(2)42(58(20-6-22-83(62,63)64)38-14-11-33-35(45(38)50)24-31(86(70,71)72)26-40(33)88(76,77)78)16-9-29(37-13-8-30(28-54-37)47(61)53-19-18-44(60)55-48-57(5)56-49(82-48)85(52,68)69)10-17-43-51(3,4)46-36-25-32(87(73,74)75)27-41(89(79,80)81)34(36)12-15-39(46)59(43)21-7-23-84(65,66)67/h8-17,24-28H,6-7,18-23H2,1-5H3,(H8-,52,53,61,62,63,64,65,66,67,68,69,70,71,72,73,74,75,76,77,78,79,80,81). The largest absolute Gasteiger partial charge is 0.748 e. The first kappa shape index (κ1) is 68.0. The lowest BCUT2D eigenvalue weighted by molar-refractivity contribution is -0.437. The molecule has 2 aromatic heterocycles. The Balaban J connectivity index is 1.30. The van der Waals surface area contributed by atoms with E-state index in [1.807, 2.05) is 0 Å². The van der Waals surface area contributed by atoms with Crippen molar-refractivity contribution in [3.05, 3.63) is 124 Å². The molecular weight excluding hydrogens is 1330 g/mol. The lowest BCUT2D eigenvalue weighted by Crippen LogP contribution is -2.28. The fourth-order valence-corrected chi connectivity index (χ4v) is 15.9. The van der Waals surface area contributed by atoms with Gasteiger partial charge in [-0.3, -0.25) is 37.3 Å². The van der Waals surface area contributed by atoms with Crippen molar-refractivity contribution < 1.29 is 100 Å². The summed E-state index contributed by atoms with van der Waals surface area (Å²) in [6, 6.07) is 11.2. The molecule has 2 amide bonds. The molecule has 38 heteroatoms. The van der Waals surface area contributed by atoms with Crippen molar-refractivity contribution in [2.45, 2.75) is 81.7 Å². The van der Waals surface area contributed by atoms with Gasteiger partial charge in [0, 0.05) is 95.8 Å². The Kier molecular flexibility index (Phi) is 18.4. The lowest BCUT2D eigenvalue weighted by Gasteiger charge is -2.27. The summed E-state index contributed by atoms with van der Waals surface area (Å²) in [6.07, 6.45) is 6.28. The summed E-state index contributed by atoms with van der Waals surface area (Å²) in [5, 5.41) is 10.9. The molecule has 6 aromatic rings. The van der Waals surface area contributed by atoms with Gasteiger partial charge in [0.2, 0.25) is 20.7 Å². The number of sulfonamides is 1. The quantitative estimate of drug-likeness (QED) is 0.0309. The second-order valence-corrected chi connectivity index (χ2v) is 32.7. The molecule has 4 aromatic carbocycles. The number of fused-ring (bicyclic) bond motifs is 6. The highest BCUT2D eigenvalue weighted by atomic mass is 32.3. The molecule has 8 rings (SSSR count). The van der Waals surface area contributed by atoms with Gasteiger partial charge in [-0.15, -0.1) is 5.10 Å². The second kappa shape index (κ2) is 24.1. The molecule has 0 radical (unpaired) electrons. The van der Waals surface area contributed by atoms with Gasteiger partial charge < -0.3 is 14.8 Å². The van der Waals surface area contributed by atoms with E-state index in [2.05, 4.69) is 20.4 Å². The molecule has 2 aliphatic rings. The van der Waals surface area contributed by atoms with Crippen LogP contribution in [-0.4, -0.2) is 154 Å². The predicted molar refractivity (Wildman–Crippen MR) is 320 cm³/mol. The first-order valence-corrected chi connectivity index (χ1v) is 37.0. The average Bonchev–Trinajstić information content (AvgIpc) is 1.66. The number of primary sulfonamides is 1. The molecule has 0 bridgehead atoms. The molecule has 478 valence electrons. The maximum atomic E-state index is 13.5. The second-order valence-electron chi connectivity index (χ2n) is 21.3. The van der Waals surface area contributed by atoms with E-state index >= 15 is 0 Å². The van der Waals surface area contributed by atoms with Crippen LogP contribution in [-0.2, 0) is 93.4 Å². The number of carbonyl (C=O) groups is 2. The fourth-order valence-electron chi connectivity index (χ4n) is 10.6. The smallest absolute Gasteiger partial charge is 0.295 e. The zero-order chi connectivity index (χ0) is 66.2. The Bertz CT molecular complexity index is 5070. The molecule has 0 unspecified atom stereocenters. The van der Waals surface area contributed by atoms with Gasteiger partial charge in [0.05, 0.1) is 42.3 Å². The van der Waals surface area contributed by atoms with Crippen LogP contribution in [0.5, 0.6) is 0 Å². The molecule has 30 nitrogen and oxygen atoms in total. The highest BCUT2D eigenvalue weighted by Crippen LogP contribution is 2.52. The van der Waals surface area contributed by atoms with Crippen molar-refractivity contribution in [3.63, 3.8) is 0 Å². The highest BCUT2D eigenvalue weighted by molar-refractivity contribution is 7.91. The van der Waals surface area contributed by atoms with Crippen molar-refractivity contribution in [2.75, 3.05) is 36.0 Å². The van der Waals surface area contributed by atoms with E-state index < -0.39 is 129 Å². The number of hydrogen-bond donors (Lipinski definition) is 7. The van der Waals surface area contributed by atoms with Crippen LogP contribution in [0.1, 0.15) is 74.1 Å². The third-order valence-corrected chi connectivity index (χ3v) is 21.8. The first-order chi connectivity index (χ1) is 40.8. The molecule has 0 atom stereocenters. The van der Waals surface area contributed by atoms with E-state index in [4.69, 9.17) is 5.14 Å². The van der Waals surface area contributed by atoms with Gasteiger partial charge in [0.25, 0.3) is 66.5 Å². The van der Waals surface area contributed by atoms with Crippen LogP contribution in [0, 0.1) is 0 Å². The average molecular weight is 1390 g/mol. The summed E-state index contributed by atoms with van der Waals surface area (Å²) >= 11 is 0.537. The molecule has 0 fully saturated rings. The van der Waals surface area contributed by atoms with Crippen LogP contribution >= 0.6 is 11.3 Å². The summed E-state index contributed by atoms with van der Waals surface area (Å²) in [7, 11) is -33.0. The maximum Gasteiger partial charge on any atom is 0.295 e. The van der Waals surface area contributed by atoms with Crippen LogP contribution in [0.3, 0.4) is 0 Å². The number of aromatic nitrogens is 3. The summed E-state index contributed by atoms with van der Waals surface area (Å²) in [6.45, 7) is 5.83. The van der Waals surface area contributed by atoms with Gasteiger partial charge in [-0.05, 0) is 97.3 Å². The summed E-state index contributed by atoms with van der Waals surface area (Å²) in [5.74, 6) is -3.12. The zero-order valence-electron chi connectivity index (χ0n) is 47.0. The van der Waals surface area contributed by atoms with Gasteiger partial charge in [-0.25, -0.2) is 26.7 Å². The number of nitrogens with two attached hydrogens (primary N) is 1. The number of hydrogen-bond acceptors (Lipinski definition) is 21. The van der Waals surface area contributed by atoms with Gasteiger partial charge in [-0.1, -0.05) is 37.3 Å². The van der Waals surface area contributed by atoms with Gasteiger partial charge in [0.15, 0.2) is 5.71 Å². The zero-order valence-corrected chi connectivity index (χ0v) is 53.6. The molecule has 89 heavy (non-hydrogen) atoms. The van der Waals surface area contributed by atoms with Crippen LogP contribution in [0.15, 0.2) is 126 Å². The Morgan fingerprint density at radius 2 is 1.33 bits per heavy atom. The molecule has 2 aliphatic heterocycles. The molecule has 4 heterocycles. The Labute approximate surface area is 514 Å². The number of pyridine rings is 1. The summed E-state index contributed by atoms with van der Waals surface area (Å²) in [4.78, 5) is 32.6. The van der Waals surface area contributed by atoms with Crippen molar-refractivity contribution in [1.29, 1.82) is 0 Å². The predicted octanol–water partition coefficient (Wildman–Crippen LogP) is 2.98. The minimum Gasteiger partial charge on any atom is -0.748 e. The van der Waals surface area contributed by atoms with Gasteiger partial charge in [-0.2, -0.15) is 51.7 Å². The molecule has 8 N–H and O–H groups in total. The van der Waals surface area contributed by atoms with Gasteiger partial charge >= 0.3 is 0 Å². The Morgan fingerprint density at radius 1 is 0.742 bits per heavy atom. The van der Waals surface area contributed by atoms with Crippen LogP contribution in [0.2, 0.25) is 0 Å². The van der Waals surface area contributed by atoms with Crippen molar-refractivity contribution in [3.8, 4) is 0 Å². The third kappa shape index (κ3) is 14.8. The molecule has 0 saturated carbocycles. The molecular formula is C51H54N8O22S8. The van der Waals surface area contributed by atoms with Crippen LogP contribution in [0.25, 0.3) is 27.1 Å². The van der Waals surface area contributed by atoms with E-state index in [-0.39, 0.29) is 116 Å². The van der Waals surface area contributed by atoms with Crippen LogP contribution < -0.4 is 20.2 Å². The number of allylic oxidation sites excluding steroid dienone is 6. The van der Waals surface area contributed by atoms with Crippen LogP contribution in [0.4, 0.5) is 11.4 Å². The van der Waals surface area contributed by atoms with Crippen molar-refractivity contribution >= 4 is 138 Å². The van der Waals surface area contributed by atoms with Crippen molar-refractivity contribution in [1.82, 2.24) is 20.1 Å². The third-order valence-electron chi connectivity index (χ3n) is 14.4. The van der Waals surface area contributed by atoms with Gasteiger partial charge in [0.1, 0.15) is 16.3 Å². The van der Waals surface area contributed by atoms with E-state index in [1.54, 1.807) is 37.2 Å². The number of amides is 2. The molecule has 0 spiro atoms. The van der Waals surface area contributed by atoms with E-state index in [9.17, 15) is 95.8 Å². The SMILES string of the molecule is Cn1nc(S(N)(=O)=O)sc1=NC(=O)CCNC(=O)c1ccc(C(C=CC2=[N+](CCCS(=O)(=O)[O-])c3ccc4c(S(=O)(=O)O)cc(S(=O)(=O)O)cc4c3C2(C)C)=CC=C2N(CCCS(=O)(=O)O)c3ccc4c(S(=O)(=O)O)cc(S(=O)(=O)O)cc4c3C2(C)C)nc1. The van der Waals surface area contributed by atoms with E-state index in [0.717, 1.165) is 23.0 Å². The van der Waals surface area contributed by atoms with E-state index in [0.29, 0.717) is 23.5 Å². The summed E-state index contributed by atoms with van der Waals surface area (Å²) < 4.78 is 238. The number of anilines is 1.